The normalized spacial score (nSPS) is 11.0. The second kappa shape index (κ2) is 13.8. The van der Waals surface area contributed by atoms with Crippen molar-refractivity contribution in [3.8, 4) is 5.75 Å². The van der Waals surface area contributed by atoms with Gasteiger partial charge >= 0.3 is 0 Å². The molecule has 184 valence electrons. The molecule has 1 aromatic heterocycles. The molecule has 0 unspecified atom stereocenters. The Morgan fingerprint density at radius 1 is 1.09 bits per heavy atom. The van der Waals surface area contributed by atoms with Crippen molar-refractivity contribution >= 4 is 35.6 Å². The highest BCUT2D eigenvalue weighted by Gasteiger charge is 2.07. The lowest BCUT2D eigenvalue weighted by Crippen LogP contribution is -2.39. The number of para-hydroxylation sites is 1. The molecule has 0 bridgehead atoms. The number of methoxy groups -OCH3 is 1. The van der Waals surface area contributed by atoms with Crippen molar-refractivity contribution in [1.29, 1.82) is 0 Å². The SMILES string of the molecule is COc1cc(C)cc(CN=C(NCCCN(C)c2ccccc2)NCc2nnc(C)n2C)c1.I. The summed E-state index contributed by atoms with van der Waals surface area (Å²) in [7, 11) is 5.77. The Hall–Kier alpha value is -2.82. The van der Waals surface area contributed by atoms with E-state index in [2.05, 4.69) is 70.0 Å². The predicted molar refractivity (Wildman–Crippen MR) is 149 cm³/mol. The highest BCUT2D eigenvalue weighted by Crippen LogP contribution is 2.17. The Bertz CT molecular complexity index is 1050. The van der Waals surface area contributed by atoms with E-state index in [4.69, 9.17) is 9.73 Å². The van der Waals surface area contributed by atoms with Crippen LogP contribution >= 0.6 is 24.0 Å². The maximum atomic E-state index is 5.40. The average molecular weight is 578 g/mol. The van der Waals surface area contributed by atoms with Gasteiger partial charge < -0.3 is 24.8 Å². The maximum Gasteiger partial charge on any atom is 0.191 e. The first-order valence-electron chi connectivity index (χ1n) is 11.2. The predicted octanol–water partition coefficient (Wildman–Crippen LogP) is 3.82. The van der Waals surface area contributed by atoms with Crippen LogP contribution in [0.25, 0.3) is 0 Å². The minimum atomic E-state index is 0. The van der Waals surface area contributed by atoms with Gasteiger partial charge in [-0.1, -0.05) is 24.3 Å². The molecule has 0 spiro atoms. The van der Waals surface area contributed by atoms with Crippen LogP contribution in [0.5, 0.6) is 5.75 Å². The summed E-state index contributed by atoms with van der Waals surface area (Å²) in [5, 5.41) is 15.2. The van der Waals surface area contributed by atoms with Crippen LogP contribution in [0, 0.1) is 13.8 Å². The number of guanidine groups is 1. The third-order valence-corrected chi connectivity index (χ3v) is 5.52. The molecule has 1 heterocycles. The monoisotopic (exact) mass is 577 g/mol. The molecule has 0 atom stereocenters. The number of hydrogen-bond acceptors (Lipinski definition) is 5. The first-order chi connectivity index (χ1) is 16.0. The number of aryl methyl sites for hydroxylation is 2. The summed E-state index contributed by atoms with van der Waals surface area (Å²) in [6.07, 6.45) is 0.980. The van der Waals surface area contributed by atoms with Crippen LogP contribution in [0.4, 0.5) is 5.69 Å². The smallest absolute Gasteiger partial charge is 0.191 e. The summed E-state index contributed by atoms with van der Waals surface area (Å²) in [5.41, 5.74) is 3.47. The van der Waals surface area contributed by atoms with Gasteiger partial charge in [-0.2, -0.15) is 0 Å². The van der Waals surface area contributed by atoms with Crippen molar-refractivity contribution in [2.45, 2.75) is 33.4 Å². The minimum absolute atomic E-state index is 0. The second-order valence-electron chi connectivity index (χ2n) is 8.14. The summed E-state index contributed by atoms with van der Waals surface area (Å²) < 4.78 is 7.38. The van der Waals surface area contributed by atoms with Gasteiger partial charge in [0.05, 0.1) is 20.2 Å². The van der Waals surface area contributed by atoms with Crippen molar-refractivity contribution < 1.29 is 4.74 Å². The second-order valence-corrected chi connectivity index (χ2v) is 8.14. The summed E-state index contributed by atoms with van der Waals surface area (Å²) >= 11 is 0. The Balaban J connectivity index is 0.00000408. The number of benzene rings is 2. The summed E-state index contributed by atoms with van der Waals surface area (Å²) in [6, 6.07) is 16.6. The maximum absolute atomic E-state index is 5.40. The van der Waals surface area contributed by atoms with Crippen LogP contribution in [-0.4, -0.2) is 48.0 Å². The van der Waals surface area contributed by atoms with Crippen LogP contribution in [-0.2, 0) is 20.1 Å². The lowest BCUT2D eigenvalue weighted by molar-refractivity contribution is 0.414. The highest BCUT2D eigenvalue weighted by molar-refractivity contribution is 14.0. The van der Waals surface area contributed by atoms with E-state index in [1.165, 1.54) is 5.69 Å². The van der Waals surface area contributed by atoms with Gasteiger partial charge in [-0.05, 0) is 55.7 Å². The molecule has 0 fully saturated rings. The molecule has 2 N–H and O–H groups in total. The molecule has 3 rings (SSSR count). The number of aliphatic imine (C=N–C) groups is 1. The van der Waals surface area contributed by atoms with Gasteiger partial charge in [0.2, 0.25) is 0 Å². The van der Waals surface area contributed by atoms with Gasteiger partial charge in [0.25, 0.3) is 0 Å². The minimum Gasteiger partial charge on any atom is -0.497 e. The number of rotatable bonds is 10. The fraction of sp³-hybridized carbons (Fsp3) is 0.400. The van der Waals surface area contributed by atoms with Crippen LogP contribution in [0.15, 0.2) is 53.5 Å². The van der Waals surface area contributed by atoms with E-state index in [1.807, 2.05) is 36.7 Å². The van der Waals surface area contributed by atoms with Crippen molar-refractivity contribution in [2.24, 2.45) is 12.0 Å². The number of aromatic nitrogens is 3. The van der Waals surface area contributed by atoms with E-state index in [1.54, 1.807) is 7.11 Å². The Labute approximate surface area is 219 Å². The highest BCUT2D eigenvalue weighted by atomic mass is 127. The number of ether oxygens (including phenoxy) is 1. The third kappa shape index (κ3) is 8.19. The van der Waals surface area contributed by atoms with Crippen molar-refractivity contribution in [1.82, 2.24) is 25.4 Å². The van der Waals surface area contributed by atoms with E-state index >= 15 is 0 Å². The van der Waals surface area contributed by atoms with Gasteiger partial charge in [0.15, 0.2) is 11.8 Å². The zero-order valence-corrected chi connectivity index (χ0v) is 23.0. The molecule has 0 aliphatic rings. The number of halogens is 1. The number of nitrogens with one attached hydrogen (secondary N) is 2. The molecular weight excluding hydrogens is 541 g/mol. The van der Waals surface area contributed by atoms with Gasteiger partial charge in [0, 0.05) is 32.9 Å². The molecule has 9 heteroatoms. The van der Waals surface area contributed by atoms with Gasteiger partial charge in [-0.25, -0.2) is 4.99 Å². The largest absolute Gasteiger partial charge is 0.497 e. The molecule has 0 saturated heterocycles. The van der Waals surface area contributed by atoms with E-state index in [-0.39, 0.29) is 24.0 Å². The number of nitrogens with zero attached hydrogens (tertiary/aromatic N) is 5. The lowest BCUT2D eigenvalue weighted by atomic mass is 10.1. The van der Waals surface area contributed by atoms with Crippen molar-refractivity contribution in [3.63, 3.8) is 0 Å². The van der Waals surface area contributed by atoms with E-state index in [9.17, 15) is 0 Å². The zero-order chi connectivity index (χ0) is 23.6. The molecule has 0 aliphatic carbocycles. The van der Waals surface area contributed by atoms with Crippen LogP contribution < -0.4 is 20.3 Å². The molecule has 0 saturated carbocycles. The Morgan fingerprint density at radius 2 is 1.85 bits per heavy atom. The molecule has 2 aromatic carbocycles. The molecular formula is C25H36IN7O. The van der Waals surface area contributed by atoms with E-state index in [0.29, 0.717) is 13.1 Å². The molecule has 3 aromatic rings. The molecule has 8 nitrogen and oxygen atoms in total. The number of hydrogen-bond donors (Lipinski definition) is 2. The van der Waals surface area contributed by atoms with Crippen molar-refractivity contribution in [3.05, 3.63) is 71.3 Å². The van der Waals surface area contributed by atoms with Gasteiger partial charge in [-0.15, -0.1) is 34.2 Å². The standard InChI is InChI=1S/C25H35N7O.HI/c1-19-14-21(16-23(15-19)33-5)17-27-25(28-18-24-30-29-20(2)32(24)4)26-12-9-13-31(3)22-10-7-6-8-11-22;/h6-8,10-11,14-16H,9,12-13,17-18H2,1-5H3,(H2,26,27,28);1H. The average Bonchev–Trinajstić information content (AvgIpc) is 3.15. The Morgan fingerprint density at radius 3 is 2.53 bits per heavy atom. The van der Waals surface area contributed by atoms with Crippen LogP contribution in [0.1, 0.15) is 29.2 Å². The molecule has 0 amide bonds. The zero-order valence-electron chi connectivity index (χ0n) is 20.7. The van der Waals surface area contributed by atoms with Crippen LogP contribution in [0.2, 0.25) is 0 Å². The lowest BCUT2D eigenvalue weighted by Gasteiger charge is -2.19. The van der Waals surface area contributed by atoms with E-state index < -0.39 is 0 Å². The van der Waals surface area contributed by atoms with E-state index in [0.717, 1.165) is 54.0 Å². The Kier molecular flexibility index (Phi) is 11.1. The summed E-state index contributed by atoms with van der Waals surface area (Å²) in [4.78, 5) is 7.06. The fourth-order valence-corrected chi connectivity index (χ4v) is 3.48. The molecule has 0 aliphatic heterocycles. The van der Waals surface area contributed by atoms with Gasteiger partial charge in [-0.3, -0.25) is 0 Å². The number of anilines is 1. The quantitative estimate of drug-likeness (QED) is 0.165. The van der Waals surface area contributed by atoms with Gasteiger partial charge in [0.1, 0.15) is 11.6 Å². The topological polar surface area (TPSA) is 79.6 Å². The molecule has 0 radical (unpaired) electrons. The fourth-order valence-electron chi connectivity index (χ4n) is 3.48. The molecule has 34 heavy (non-hydrogen) atoms. The first-order valence-corrected chi connectivity index (χ1v) is 11.2. The van der Waals surface area contributed by atoms with Crippen molar-refractivity contribution in [2.75, 3.05) is 32.1 Å². The summed E-state index contributed by atoms with van der Waals surface area (Å²) in [5.74, 6) is 3.34. The third-order valence-electron chi connectivity index (χ3n) is 5.52. The van der Waals surface area contributed by atoms with Crippen LogP contribution in [0.3, 0.4) is 0 Å². The first kappa shape index (κ1) is 27.4. The summed E-state index contributed by atoms with van der Waals surface area (Å²) in [6.45, 7) is 6.85.